The predicted molar refractivity (Wildman–Crippen MR) is 126 cm³/mol. The molecule has 2 saturated heterocycles. The number of aryl methyl sites for hydroxylation is 1. The number of guanidine groups is 1. The van der Waals surface area contributed by atoms with E-state index in [-0.39, 0.29) is 24.0 Å². The molecule has 3 aliphatic rings. The maximum absolute atomic E-state index is 6.21. The van der Waals surface area contributed by atoms with Gasteiger partial charge in [-0.15, -0.1) is 24.0 Å². The van der Waals surface area contributed by atoms with Gasteiger partial charge in [0.25, 0.3) is 0 Å². The van der Waals surface area contributed by atoms with Gasteiger partial charge in [-0.2, -0.15) is 0 Å². The number of nitrogens with one attached hydrogen (secondary N) is 1. The number of nitrogens with zero attached hydrogens (tertiary/aromatic N) is 3. The number of halogens is 2. The van der Waals surface area contributed by atoms with E-state index in [4.69, 9.17) is 11.6 Å². The Labute approximate surface area is 185 Å². The van der Waals surface area contributed by atoms with Gasteiger partial charge in [-0.25, -0.2) is 0 Å². The van der Waals surface area contributed by atoms with E-state index in [1.807, 2.05) is 13.1 Å². The lowest BCUT2D eigenvalue weighted by atomic mass is 9.68. The summed E-state index contributed by atoms with van der Waals surface area (Å²) in [7, 11) is 1.92. The topological polar surface area (TPSA) is 30.9 Å². The van der Waals surface area contributed by atoms with E-state index in [1.165, 1.54) is 49.9 Å². The number of benzene rings is 1. The highest BCUT2D eigenvalue weighted by molar-refractivity contribution is 14.0. The average Bonchev–Trinajstić information content (AvgIpc) is 3.25. The van der Waals surface area contributed by atoms with Crippen LogP contribution < -0.4 is 10.2 Å². The molecule has 2 aliphatic heterocycles. The molecule has 1 aliphatic carbocycles. The first kappa shape index (κ1) is 21.0. The quantitative estimate of drug-likeness (QED) is 0.374. The minimum absolute atomic E-state index is 0. The van der Waals surface area contributed by atoms with E-state index >= 15 is 0 Å². The molecule has 0 radical (unpaired) electrons. The van der Waals surface area contributed by atoms with Crippen molar-refractivity contribution < 1.29 is 0 Å². The Morgan fingerprint density at radius 1 is 1.30 bits per heavy atom. The van der Waals surface area contributed by atoms with E-state index in [2.05, 4.69) is 39.2 Å². The Balaban J connectivity index is 0.00000210. The smallest absolute Gasteiger partial charge is 0.193 e. The van der Waals surface area contributed by atoms with Crippen LogP contribution in [0.4, 0.5) is 5.69 Å². The summed E-state index contributed by atoms with van der Waals surface area (Å²) >= 11 is 6.21. The summed E-state index contributed by atoms with van der Waals surface area (Å²) in [6.07, 6.45) is 6.81. The van der Waals surface area contributed by atoms with Crippen LogP contribution in [0.15, 0.2) is 23.2 Å². The van der Waals surface area contributed by atoms with Gasteiger partial charge in [-0.1, -0.05) is 24.1 Å². The first-order chi connectivity index (χ1) is 12.6. The highest BCUT2D eigenvalue weighted by Gasteiger charge is 2.43. The Kier molecular flexibility index (Phi) is 6.83. The third-order valence-electron chi connectivity index (χ3n) is 6.71. The van der Waals surface area contributed by atoms with E-state index in [9.17, 15) is 0 Å². The van der Waals surface area contributed by atoms with Crippen LogP contribution in [0.25, 0.3) is 0 Å². The molecule has 0 aromatic heterocycles. The molecule has 4 nitrogen and oxygen atoms in total. The molecule has 4 rings (SSSR count). The number of anilines is 1. The first-order valence-electron chi connectivity index (χ1n) is 10.1. The molecule has 1 atom stereocenters. The van der Waals surface area contributed by atoms with Crippen molar-refractivity contribution >= 4 is 47.2 Å². The van der Waals surface area contributed by atoms with Crippen LogP contribution in [0.5, 0.6) is 0 Å². The van der Waals surface area contributed by atoms with Crippen molar-refractivity contribution in [1.29, 1.82) is 0 Å². The van der Waals surface area contributed by atoms with Crippen LogP contribution in [-0.2, 0) is 0 Å². The molecule has 1 aromatic rings. The first-order valence-corrected chi connectivity index (χ1v) is 10.4. The number of hydrogen-bond donors (Lipinski definition) is 1. The molecule has 1 saturated carbocycles. The van der Waals surface area contributed by atoms with Gasteiger partial charge in [0.2, 0.25) is 0 Å². The van der Waals surface area contributed by atoms with Gasteiger partial charge in [-0.05, 0) is 61.6 Å². The van der Waals surface area contributed by atoms with Crippen molar-refractivity contribution in [2.24, 2.45) is 16.3 Å². The summed E-state index contributed by atoms with van der Waals surface area (Å²) in [5.74, 6) is 1.76. The number of hydrogen-bond acceptors (Lipinski definition) is 2. The van der Waals surface area contributed by atoms with Crippen molar-refractivity contribution in [3.8, 4) is 0 Å². The zero-order valence-electron chi connectivity index (χ0n) is 16.5. The van der Waals surface area contributed by atoms with E-state index in [1.54, 1.807) is 0 Å². The van der Waals surface area contributed by atoms with Crippen molar-refractivity contribution in [3.63, 3.8) is 0 Å². The fraction of sp³-hybridized carbons (Fsp3) is 0.667. The maximum atomic E-state index is 6.21. The fourth-order valence-electron chi connectivity index (χ4n) is 4.91. The van der Waals surface area contributed by atoms with Crippen LogP contribution in [0, 0.1) is 18.3 Å². The zero-order chi connectivity index (χ0) is 18.1. The second-order valence-electron chi connectivity index (χ2n) is 8.48. The Hall–Kier alpha value is -0.690. The van der Waals surface area contributed by atoms with Crippen LogP contribution in [-0.4, -0.2) is 50.6 Å². The molecule has 1 unspecified atom stereocenters. The second-order valence-corrected chi connectivity index (χ2v) is 8.92. The molecule has 27 heavy (non-hydrogen) atoms. The standard InChI is InChI=1S/C21H31ClN4.HI/c1-16-4-5-18(22)12-19(16)25-10-6-17(14-25)13-24-20(23-2)26-11-9-21(15-26)7-3-8-21;/h4-5,12,17H,3,6-11,13-15H2,1-2H3,(H,23,24);1H. The molecule has 1 aromatic carbocycles. The van der Waals surface area contributed by atoms with Gasteiger partial charge in [0, 0.05) is 50.5 Å². The number of aliphatic imine (C=N–C) groups is 1. The van der Waals surface area contributed by atoms with Crippen molar-refractivity contribution in [1.82, 2.24) is 10.2 Å². The molecular formula is C21H32ClIN4. The Morgan fingerprint density at radius 3 is 2.78 bits per heavy atom. The normalized spacial score (nSPS) is 24.1. The van der Waals surface area contributed by atoms with Crippen LogP contribution in [0.1, 0.15) is 37.7 Å². The van der Waals surface area contributed by atoms with Crippen molar-refractivity contribution in [2.75, 3.05) is 44.7 Å². The highest BCUT2D eigenvalue weighted by atomic mass is 127. The fourth-order valence-corrected chi connectivity index (χ4v) is 5.08. The molecule has 0 amide bonds. The molecule has 1 N–H and O–H groups in total. The SMILES string of the molecule is CN=C(NCC1CCN(c2cc(Cl)ccc2C)C1)N1CCC2(CCC2)C1.I. The van der Waals surface area contributed by atoms with Crippen molar-refractivity contribution in [3.05, 3.63) is 28.8 Å². The Bertz CT molecular complexity index is 689. The minimum atomic E-state index is 0. The van der Waals surface area contributed by atoms with Gasteiger partial charge in [0.05, 0.1) is 0 Å². The summed E-state index contributed by atoms with van der Waals surface area (Å²) in [5.41, 5.74) is 3.21. The minimum Gasteiger partial charge on any atom is -0.371 e. The van der Waals surface area contributed by atoms with Crippen LogP contribution in [0.2, 0.25) is 5.02 Å². The van der Waals surface area contributed by atoms with Crippen LogP contribution >= 0.6 is 35.6 Å². The largest absolute Gasteiger partial charge is 0.371 e. The maximum Gasteiger partial charge on any atom is 0.193 e. The monoisotopic (exact) mass is 502 g/mol. The zero-order valence-corrected chi connectivity index (χ0v) is 19.6. The molecule has 6 heteroatoms. The third-order valence-corrected chi connectivity index (χ3v) is 6.95. The van der Waals surface area contributed by atoms with Crippen LogP contribution in [0.3, 0.4) is 0 Å². The second kappa shape index (κ2) is 8.76. The lowest BCUT2D eigenvalue weighted by Crippen LogP contribution is -2.44. The van der Waals surface area contributed by atoms with E-state index in [0.717, 1.165) is 37.2 Å². The van der Waals surface area contributed by atoms with Gasteiger partial charge in [-0.3, -0.25) is 4.99 Å². The van der Waals surface area contributed by atoms with Crippen molar-refractivity contribution in [2.45, 2.75) is 39.0 Å². The molecule has 1 spiro atoms. The molecule has 3 fully saturated rings. The predicted octanol–water partition coefficient (Wildman–Crippen LogP) is 4.54. The number of rotatable bonds is 3. The Morgan fingerprint density at radius 2 is 2.11 bits per heavy atom. The summed E-state index contributed by atoms with van der Waals surface area (Å²) in [4.78, 5) is 9.52. The third kappa shape index (κ3) is 4.50. The lowest BCUT2D eigenvalue weighted by molar-refractivity contribution is 0.151. The van der Waals surface area contributed by atoms with Gasteiger partial charge in [0.1, 0.15) is 0 Å². The molecule has 0 bridgehead atoms. The van der Waals surface area contributed by atoms with Gasteiger partial charge < -0.3 is 15.1 Å². The number of likely N-dealkylation sites (tertiary alicyclic amines) is 1. The summed E-state index contributed by atoms with van der Waals surface area (Å²) in [6, 6.07) is 6.20. The summed E-state index contributed by atoms with van der Waals surface area (Å²) in [5, 5.41) is 4.49. The molecule has 2 heterocycles. The highest BCUT2D eigenvalue weighted by Crippen LogP contribution is 2.47. The summed E-state index contributed by atoms with van der Waals surface area (Å²) in [6.45, 7) is 7.74. The average molecular weight is 503 g/mol. The molecular weight excluding hydrogens is 471 g/mol. The van der Waals surface area contributed by atoms with Gasteiger partial charge in [0.15, 0.2) is 5.96 Å². The van der Waals surface area contributed by atoms with E-state index < -0.39 is 0 Å². The van der Waals surface area contributed by atoms with E-state index in [0.29, 0.717) is 11.3 Å². The lowest BCUT2D eigenvalue weighted by Gasteiger charge is -2.38. The van der Waals surface area contributed by atoms with Gasteiger partial charge >= 0.3 is 0 Å². The summed E-state index contributed by atoms with van der Waals surface area (Å²) < 4.78 is 0. The molecule has 150 valence electrons.